The topological polar surface area (TPSA) is 92.4 Å². The second-order valence-electron chi connectivity index (χ2n) is 6.07. The Morgan fingerprint density at radius 2 is 1.50 bits per heavy atom. The summed E-state index contributed by atoms with van der Waals surface area (Å²) >= 11 is 0. The maximum atomic E-state index is 12.5. The molecular formula is C21H16N2O4S. The molecule has 3 aromatic carbocycles. The number of sulfonamides is 1. The van der Waals surface area contributed by atoms with Crippen LogP contribution in [0.4, 0.5) is 5.69 Å². The lowest BCUT2D eigenvalue weighted by Gasteiger charge is -2.08. The Kier molecular flexibility index (Phi) is 4.58. The van der Waals surface area contributed by atoms with E-state index in [9.17, 15) is 13.5 Å². The molecule has 0 fully saturated rings. The number of phenolic OH excluding ortho intramolecular Hbond substituents is 1. The number of aromatic nitrogens is 1. The van der Waals surface area contributed by atoms with Crippen molar-refractivity contribution in [3.8, 4) is 28.5 Å². The monoisotopic (exact) mass is 392 g/mol. The summed E-state index contributed by atoms with van der Waals surface area (Å²) in [6.07, 6.45) is 1.64. The first-order chi connectivity index (χ1) is 13.5. The molecule has 1 heterocycles. The standard InChI is InChI=1S/C21H16N2O4S/c24-18-10-8-17(9-11-18)23-28(25,26)19-12-6-16(7-13-19)21-22-14-20(27-21)15-4-2-1-3-5-15/h1-14,23-24H. The van der Waals surface area contributed by atoms with Gasteiger partial charge in [-0.25, -0.2) is 13.4 Å². The largest absolute Gasteiger partial charge is 0.508 e. The third-order valence-electron chi connectivity index (χ3n) is 4.10. The van der Waals surface area contributed by atoms with E-state index in [2.05, 4.69) is 9.71 Å². The van der Waals surface area contributed by atoms with E-state index in [1.165, 1.54) is 36.4 Å². The molecular weight excluding hydrogens is 376 g/mol. The molecule has 0 amide bonds. The molecule has 4 rings (SSSR count). The van der Waals surface area contributed by atoms with Crippen molar-refractivity contribution in [1.29, 1.82) is 0 Å². The van der Waals surface area contributed by atoms with Crippen LogP contribution in [0.5, 0.6) is 5.75 Å². The fourth-order valence-electron chi connectivity index (χ4n) is 2.66. The number of anilines is 1. The van der Waals surface area contributed by atoms with Crippen LogP contribution >= 0.6 is 0 Å². The van der Waals surface area contributed by atoms with Gasteiger partial charge in [-0.15, -0.1) is 0 Å². The van der Waals surface area contributed by atoms with Gasteiger partial charge in [-0.1, -0.05) is 30.3 Å². The highest BCUT2D eigenvalue weighted by Gasteiger charge is 2.15. The van der Waals surface area contributed by atoms with Gasteiger partial charge in [0.25, 0.3) is 10.0 Å². The maximum Gasteiger partial charge on any atom is 0.261 e. The zero-order chi connectivity index (χ0) is 19.6. The van der Waals surface area contributed by atoms with E-state index in [0.717, 1.165) is 5.56 Å². The molecule has 0 unspecified atom stereocenters. The van der Waals surface area contributed by atoms with E-state index in [1.807, 2.05) is 30.3 Å². The number of benzene rings is 3. The first-order valence-electron chi connectivity index (χ1n) is 8.45. The molecule has 0 aliphatic rings. The maximum absolute atomic E-state index is 12.5. The van der Waals surface area contributed by atoms with Crippen LogP contribution in [0.25, 0.3) is 22.8 Å². The van der Waals surface area contributed by atoms with Crippen LogP contribution in [0, 0.1) is 0 Å². The van der Waals surface area contributed by atoms with Gasteiger partial charge >= 0.3 is 0 Å². The van der Waals surface area contributed by atoms with Gasteiger partial charge in [0.2, 0.25) is 5.89 Å². The summed E-state index contributed by atoms with van der Waals surface area (Å²) in [5, 5.41) is 9.29. The van der Waals surface area contributed by atoms with Crippen LogP contribution < -0.4 is 4.72 Å². The fourth-order valence-corrected chi connectivity index (χ4v) is 3.72. The minimum atomic E-state index is -3.75. The molecule has 0 saturated carbocycles. The molecule has 0 aliphatic heterocycles. The minimum Gasteiger partial charge on any atom is -0.508 e. The van der Waals surface area contributed by atoms with Gasteiger partial charge in [0.1, 0.15) is 5.75 Å². The number of rotatable bonds is 5. The van der Waals surface area contributed by atoms with Gasteiger partial charge in [-0.2, -0.15) is 0 Å². The van der Waals surface area contributed by atoms with Crippen molar-refractivity contribution in [2.45, 2.75) is 4.90 Å². The number of nitrogens with one attached hydrogen (secondary N) is 1. The molecule has 7 heteroatoms. The first-order valence-corrected chi connectivity index (χ1v) is 9.93. The van der Waals surface area contributed by atoms with E-state index in [0.29, 0.717) is 22.9 Å². The third-order valence-corrected chi connectivity index (χ3v) is 5.49. The van der Waals surface area contributed by atoms with Crippen LogP contribution in [0.15, 0.2) is 94.4 Å². The lowest BCUT2D eigenvalue weighted by Crippen LogP contribution is -2.12. The predicted molar refractivity (Wildman–Crippen MR) is 106 cm³/mol. The number of phenols is 1. The predicted octanol–water partition coefficient (Wildman–Crippen LogP) is 4.52. The van der Waals surface area contributed by atoms with Crippen LogP contribution in [-0.2, 0) is 10.0 Å². The van der Waals surface area contributed by atoms with E-state index in [1.54, 1.807) is 18.3 Å². The van der Waals surface area contributed by atoms with E-state index in [-0.39, 0.29) is 10.6 Å². The zero-order valence-electron chi connectivity index (χ0n) is 14.6. The summed E-state index contributed by atoms with van der Waals surface area (Å²) in [5.41, 5.74) is 1.95. The van der Waals surface area contributed by atoms with Crippen LogP contribution in [0.2, 0.25) is 0 Å². The average molecular weight is 392 g/mol. The molecule has 28 heavy (non-hydrogen) atoms. The average Bonchev–Trinajstić information content (AvgIpc) is 3.21. The summed E-state index contributed by atoms with van der Waals surface area (Å²) in [6, 6.07) is 21.7. The van der Waals surface area contributed by atoms with Crippen molar-refractivity contribution >= 4 is 15.7 Å². The summed E-state index contributed by atoms with van der Waals surface area (Å²) in [4.78, 5) is 4.39. The lowest BCUT2D eigenvalue weighted by atomic mass is 10.2. The molecule has 6 nitrogen and oxygen atoms in total. The van der Waals surface area contributed by atoms with Crippen LogP contribution in [0.3, 0.4) is 0 Å². The number of hydrogen-bond donors (Lipinski definition) is 2. The molecule has 4 aromatic rings. The van der Waals surface area contributed by atoms with Gasteiger partial charge in [0.15, 0.2) is 5.76 Å². The summed E-state index contributed by atoms with van der Waals surface area (Å²) in [5.74, 6) is 1.11. The van der Waals surface area contributed by atoms with Crippen molar-refractivity contribution in [3.63, 3.8) is 0 Å². The summed E-state index contributed by atoms with van der Waals surface area (Å²) in [6.45, 7) is 0. The van der Waals surface area contributed by atoms with Gasteiger partial charge < -0.3 is 9.52 Å². The molecule has 2 N–H and O–H groups in total. The van der Waals surface area contributed by atoms with Crippen molar-refractivity contribution in [2.75, 3.05) is 4.72 Å². The molecule has 0 bridgehead atoms. The molecule has 0 spiro atoms. The lowest BCUT2D eigenvalue weighted by molar-refractivity contribution is 0.475. The fraction of sp³-hybridized carbons (Fsp3) is 0. The number of hydrogen-bond acceptors (Lipinski definition) is 5. The summed E-state index contributed by atoms with van der Waals surface area (Å²) < 4.78 is 33.3. The van der Waals surface area contributed by atoms with E-state index in [4.69, 9.17) is 4.42 Å². The Morgan fingerprint density at radius 3 is 2.18 bits per heavy atom. The van der Waals surface area contributed by atoms with Crippen molar-refractivity contribution in [3.05, 3.63) is 85.1 Å². The molecule has 1 aromatic heterocycles. The highest BCUT2D eigenvalue weighted by Crippen LogP contribution is 2.27. The third kappa shape index (κ3) is 3.74. The SMILES string of the molecule is O=S(=O)(Nc1ccc(O)cc1)c1ccc(-c2ncc(-c3ccccc3)o2)cc1. The highest BCUT2D eigenvalue weighted by molar-refractivity contribution is 7.92. The molecule has 140 valence electrons. The second kappa shape index (κ2) is 7.21. The minimum absolute atomic E-state index is 0.0631. The van der Waals surface area contributed by atoms with Crippen LogP contribution in [0.1, 0.15) is 0 Å². The zero-order valence-corrected chi connectivity index (χ0v) is 15.4. The Hall–Kier alpha value is -3.58. The smallest absolute Gasteiger partial charge is 0.261 e. The van der Waals surface area contributed by atoms with Crippen LogP contribution in [-0.4, -0.2) is 18.5 Å². The van der Waals surface area contributed by atoms with Gasteiger partial charge in [-0.3, -0.25) is 4.72 Å². The molecule has 0 radical (unpaired) electrons. The normalized spacial score (nSPS) is 11.3. The number of oxazole rings is 1. The Morgan fingerprint density at radius 1 is 0.821 bits per heavy atom. The number of aromatic hydroxyl groups is 1. The molecule has 0 atom stereocenters. The molecule has 0 saturated heterocycles. The second-order valence-corrected chi connectivity index (χ2v) is 7.75. The van der Waals surface area contributed by atoms with E-state index >= 15 is 0 Å². The summed E-state index contributed by atoms with van der Waals surface area (Å²) in [7, 11) is -3.75. The quantitative estimate of drug-likeness (QED) is 0.487. The van der Waals surface area contributed by atoms with Gasteiger partial charge in [0.05, 0.1) is 11.1 Å². The Balaban J connectivity index is 1.55. The Bertz CT molecular complexity index is 1180. The van der Waals surface area contributed by atoms with Crippen molar-refractivity contribution < 1.29 is 17.9 Å². The first kappa shape index (κ1) is 17.8. The molecule has 0 aliphatic carbocycles. The number of nitrogens with zero attached hydrogens (tertiary/aromatic N) is 1. The van der Waals surface area contributed by atoms with E-state index < -0.39 is 10.0 Å². The Labute approximate surface area is 162 Å². The van der Waals surface area contributed by atoms with Gasteiger partial charge in [-0.05, 0) is 48.5 Å². The van der Waals surface area contributed by atoms with Crippen molar-refractivity contribution in [1.82, 2.24) is 4.98 Å². The van der Waals surface area contributed by atoms with Crippen molar-refractivity contribution in [2.24, 2.45) is 0 Å². The highest BCUT2D eigenvalue weighted by atomic mass is 32.2. The van der Waals surface area contributed by atoms with Gasteiger partial charge in [0, 0.05) is 16.8 Å².